The molecule has 2 aromatic rings. The van der Waals surface area contributed by atoms with Crippen LogP contribution in [-0.4, -0.2) is 27.8 Å². The van der Waals surface area contributed by atoms with Gasteiger partial charge in [0.15, 0.2) is 11.6 Å². The third-order valence-corrected chi connectivity index (χ3v) is 3.04. The van der Waals surface area contributed by atoms with Crippen LogP contribution >= 0.6 is 0 Å². The van der Waals surface area contributed by atoms with Crippen LogP contribution in [0.3, 0.4) is 0 Å². The van der Waals surface area contributed by atoms with Crippen LogP contribution in [0.2, 0.25) is 0 Å². The van der Waals surface area contributed by atoms with E-state index < -0.39 is 11.6 Å². The quantitative estimate of drug-likeness (QED) is 0.367. The van der Waals surface area contributed by atoms with Crippen molar-refractivity contribution in [1.29, 1.82) is 10.7 Å². The molecular formula is C16H15FN6O. The van der Waals surface area contributed by atoms with Crippen molar-refractivity contribution in [3.63, 3.8) is 0 Å². The number of halogens is 1. The van der Waals surface area contributed by atoms with Gasteiger partial charge in [0.1, 0.15) is 6.54 Å². The molecule has 0 atom stereocenters. The Kier molecular flexibility index (Phi) is 5.41. The van der Waals surface area contributed by atoms with E-state index in [1.807, 2.05) is 6.07 Å². The molecule has 0 saturated heterocycles. The van der Waals surface area contributed by atoms with Crippen LogP contribution in [0.1, 0.15) is 5.56 Å². The molecule has 1 heterocycles. The number of phenolic OH excluding ortho intramolecular Hbond substituents is 1. The smallest absolute Gasteiger partial charge is 0.227 e. The van der Waals surface area contributed by atoms with Crippen LogP contribution in [0.5, 0.6) is 5.75 Å². The molecule has 7 nitrogen and oxygen atoms in total. The Morgan fingerprint density at radius 1 is 1.50 bits per heavy atom. The molecule has 2 rings (SSSR count). The lowest BCUT2D eigenvalue weighted by molar-refractivity contribution is 0.432. The summed E-state index contributed by atoms with van der Waals surface area (Å²) in [7, 11) is 0. The van der Waals surface area contributed by atoms with Gasteiger partial charge in [-0.2, -0.15) is 5.26 Å². The molecule has 0 amide bonds. The second-order valence-corrected chi connectivity index (χ2v) is 4.80. The fourth-order valence-corrected chi connectivity index (χ4v) is 1.90. The van der Waals surface area contributed by atoms with Crippen LogP contribution in [0.4, 0.5) is 10.3 Å². The zero-order valence-corrected chi connectivity index (χ0v) is 12.8. The number of aromatic hydroxyl groups is 1. The normalized spacial score (nSPS) is 10.8. The maximum atomic E-state index is 13.6. The van der Waals surface area contributed by atoms with E-state index in [4.69, 9.17) is 10.7 Å². The number of anilines is 1. The highest BCUT2D eigenvalue weighted by Gasteiger charge is 2.10. The fraction of sp³-hybridized carbons (Fsp3) is 0.125. The number of nitriles is 1. The number of phenols is 1. The predicted octanol–water partition coefficient (Wildman–Crippen LogP) is 2.31. The molecule has 0 spiro atoms. The highest BCUT2D eigenvalue weighted by atomic mass is 19.1. The number of nitrogens with one attached hydrogen (secondary N) is 3. The molecule has 0 unspecified atom stereocenters. The first-order valence-corrected chi connectivity index (χ1v) is 6.95. The van der Waals surface area contributed by atoms with Gasteiger partial charge in [0.25, 0.3) is 0 Å². The van der Waals surface area contributed by atoms with Gasteiger partial charge in [0, 0.05) is 24.2 Å². The van der Waals surface area contributed by atoms with Gasteiger partial charge in [-0.05, 0) is 30.7 Å². The van der Waals surface area contributed by atoms with Crippen LogP contribution in [-0.2, 0) is 0 Å². The Balaban J connectivity index is 2.31. The Labute approximate surface area is 138 Å². The highest BCUT2D eigenvalue weighted by Crippen LogP contribution is 2.26. The number of allylic oxidation sites excluding steroid dienone is 1. The van der Waals surface area contributed by atoms with Crippen molar-refractivity contribution >= 4 is 12.2 Å². The summed E-state index contributed by atoms with van der Waals surface area (Å²) >= 11 is 0. The van der Waals surface area contributed by atoms with Crippen molar-refractivity contribution in [3.05, 3.63) is 47.7 Å². The summed E-state index contributed by atoms with van der Waals surface area (Å²) in [5.74, 6) is -0.945. The number of benzene rings is 1. The predicted molar refractivity (Wildman–Crippen MR) is 87.9 cm³/mol. The fourth-order valence-electron chi connectivity index (χ4n) is 1.90. The minimum absolute atomic E-state index is 0.103. The summed E-state index contributed by atoms with van der Waals surface area (Å²) in [5, 5.41) is 30.7. The van der Waals surface area contributed by atoms with Crippen LogP contribution in [0.15, 0.2) is 36.3 Å². The maximum absolute atomic E-state index is 13.6. The zero-order chi connectivity index (χ0) is 17.5. The Hall–Kier alpha value is -3.47. The van der Waals surface area contributed by atoms with Gasteiger partial charge in [-0.15, -0.1) is 0 Å². The van der Waals surface area contributed by atoms with Crippen molar-refractivity contribution in [2.24, 2.45) is 0 Å². The molecule has 1 aromatic heterocycles. The van der Waals surface area contributed by atoms with E-state index in [1.54, 1.807) is 19.2 Å². The molecule has 4 N–H and O–H groups in total. The molecule has 0 fully saturated rings. The van der Waals surface area contributed by atoms with Crippen LogP contribution in [0, 0.1) is 29.5 Å². The average Bonchev–Trinajstić information content (AvgIpc) is 2.58. The Morgan fingerprint density at radius 3 is 2.96 bits per heavy atom. The van der Waals surface area contributed by atoms with E-state index in [2.05, 4.69) is 20.6 Å². The summed E-state index contributed by atoms with van der Waals surface area (Å²) in [6.45, 7) is 1.89. The van der Waals surface area contributed by atoms with Crippen molar-refractivity contribution in [3.8, 4) is 23.1 Å². The summed E-state index contributed by atoms with van der Waals surface area (Å²) in [6.07, 6.45) is 4.08. The first-order chi connectivity index (χ1) is 11.5. The van der Waals surface area contributed by atoms with Gasteiger partial charge in [-0.25, -0.2) is 14.4 Å². The summed E-state index contributed by atoms with van der Waals surface area (Å²) < 4.78 is 13.6. The molecular weight excluding hydrogens is 311 g/mol. The van der Waals surface area contributed by atoms with Crippen LogP contribution in [0.25, 0.3) is 11.3 Å². The van der Waals surface area contributed by atoms with Gasteiger partial charge in [-0.3, -0.25) is 0 Å². The largest absolute Gasteiger partial charge is 0.505 e. The summed E-state index contributed by atoms with van der Waals surface area (Å²) in [4.78, 5) is 8.44. The molecule has 8 heteroatoms. The van der Waals surface area contributed by atoms with E-state index in [9.17, 15) is 9.50 Å². The van der Waals surface area contributed by atoms with Gasteiger partial charge in [0.2, 0.25) is 5.95 Å². The second kappa shape index (κ2) is 7.69. The lowest BCUT2D eigenvalue weighted by Gasteiger charge is -2.10. The Morgan fingerprint density at radius 2 is 2.29 bits per heavy atom. The topological polar surface area (TPSA) is 118 Å². The van der Waals surface area contributed by atoms with E-state index in [1.165, 1.54) is 18.3 Å². The molecule has 0 radical (unpaired) electrons. The molecule has 0 saturated carbocycles. The minimum atomic E-state index is -0.735. The molecule has 24 heavy (non-hydrogen) atoms. The number of nitrogens with zero attached hydrogens (tertiary/aromatic N) is 3. The molecule has 0 aliphatic carbocycles. The number of aryl methyl sites for hydroxylation is 1. The van der Waals surface area contributed by atoms with Crippen molar-refractivity contribution in [1.82, 2.24) is 15.3 Å². The Bertz CT molecular complexity index is 828. The molecule has 0 aliphatic rings. The maximum Gasteiger partial charge on any atom is 0.227 e. The third kappa shape index (κ3) is 4.04. The molecule has 122 valence electrons. The number of rotatable bonds is 6. The van der Waals surface area contributed by atoms with Gasteiger partial charge >= 0.3 is 0 Å². The second-order valence-electron chi connectivity index (χ2n) is 4.80. The molecule has 1 aromatic carbocycles. The van der Waals surface area contributed by atoms with Crippen molar-refractivity contribution in [2.75, 3.05) is 11.9 Å². The van der Waals surface area contributed by atoms with Crippen molar-refractivity contribution in [2.45, 2.75) is 6.92 Å². The van der Waals surface area contributed by atoms with Crippen molar-refractivity contribution < 1.29 is 9.50 Å². The lowest BCUT2D eigenvalue weighted by atomic mass is 10.1. The SMILES string of the molecule is Cc1cnc(N/C(C=N)=C/NCC#N)nc1-c1ccc(O)c(F)c1. The molecule has 0 bridgehead atoms. The van der Waals surface area contributed by atoms with Gasteiger partial charge < -0.3 is 21.1 Å². The van der Waals surface area contributed by atoms with E-state index in [0.29, 0.717) is 17.0 Å². The molecule has 0 aliphatic heterocycles. The first-order valence-electron chi connectivity index (χ1n) is 6.95. The monoisotopic (exact) mass is 326 g/mol. The van der Waals surface area contributed by atoms with E-state index in [-0.39, 0.29) is 12.5 Å². The number of aromatic nitrogens is 2. The minimum Gasteiger partial charge on any atom is -0.505 e. The number of hydrogen-bond acceptors (Lipinski definition) is 7. The van der Waals surface area contributed by atoms with Gasteiger partial charge in [0.05, 0.1) is 17.5 Å². The standard InChI is InChI=1S/C16H15FN6O/c1-10-8-21-16(22-12(7-19)9-20-5-4-18)23-15(10)11-2-3-14(24)13(17)6-11/h2-3,6-9,19-20,24H,5H2,1H3,(H,21,22,23)/b12-9+,19-7?. The van der Waals surface area contributed by atoms with Gasteiger partial charge in [-0.1, -0.05) is 0 Å². The number of hydrogen-bond donors (Lipinski definition) is 4. The summed E-state index contributed by atoms with van der Waals surface area (Å²) in [5.41, 5.74) is 2.09. The van der Waals surface area contributed by atoms with Crippen LogP contribution < -0.4 is 10.6 Å². The first kappa shape index (κ1) is 16.9. The van der Waals surface area contributed by atoms with E-state index >= 15 is 0 Å². The summed E-state index contributed by atoms with van der Waals surface area (Å²) in [6, 6.07) is 5.92. The average molecular weight is 326 g/mol. The third-order valence-electron chi connectivity index (χ3n) is 3.04. The lowest BCUT2D eigenvalue weighted by Crippen LogP contribution is -2.12. The zero-order valence-electron chi connectivity index (χ0n) is 12.8. The van der Waals surface area contributed by atoms with E-state index in [0.717, 1.165) is 11.8 Å². The highest BCUT2D eigenvalue weighted by molar-refractivity contribution is 5.79.